The molecule has 0 aromatic heterocycles. The summed E-state index contributed by atoms with van der Waals surface area (Å²) < 4.78 is 10.6. The first-order valence-corrected chi connectivity index (χ1v) is 5.95. The predicted octanol–water partition coefficient (Wildman–Crippen LogP) is -1.71. The quantitative estimate of drug-likeness (QED) is 0.486. The van der Waals surface area contributed by atoms with Crippen LogP contribution in [0.5, 0.6) is 0 Å². The van der Waals surface area contributed by atoms with E-state index < -0.39 is 36.2 Å². The van der Waals surface area contributed by atoms with Crippen LogP contribution in [0.4, 0.5) is 4.79 Å². The molecule has 0 saturated carbocycles. The van der Waals surface area contributed by atoms with Gasteiger partial charge in [-0.25, -0.2) is 4.79 Å². The minimum absolute atomic E-state index is 0.356. The monoisotopic (exact) mass is 273 g/mol. The topological polar surface area (TPSA) is 117 Å². The molecule has 1 fully saturated rings. The van der Waals surface area contributed by atoms with Crippen LogP contribution >= 0.6 is 0 Å². The number of amides is 2. The molecule has 2 rings (SSSR count). The van der Waals surface area contributed by atoms with Crippen LogP contribution in [0.1, 0.15) is 6.92 Å². The van der Waals surface area contributed by atoms with Gasteiger partial charge < -0.3 is 30.7 Å². The molecule has 1 unspecified atom stereocenters. The summed E-state index contributed by atoms with van der Waals surface area (Å²) >= 11 is 0. The molecule has 0 aromatic rings. The van der Waals surface area contributed by atoms with Crippen LogP contribution in [0.3, 0.4) is 0 Å². The normalized spacial score (nSPS) is 42.6. The molecule has 108 valence electrons. The van der Waals surface area contributed by atoms with E-state index in [2.05, 4.69) is 5.32 Å². The molecule has 0 radical (unpaired) electrons. The van der Waals surface area contributed by atoms with E-state index in [0.29, 0.717) is 0 Å². The molecule has 2 aliphatic heterocycles. The molecular formula is C11H19N3O5. The minimum atomic E-state index is -1.01. The van der Waals surface area contributed by atoms with Gasteiger partial charge in [-0.2, -0.15) is 0 Å². The molecule has 2 heterocycles. The fourth-order valence-corrected chi connectivity index (χ4v) is 2.19. The smallest absolute Gasteiger partial charge is 0.325 e. The number of hydrogen-bond acceptors (Lipinski definition) is 6. The highest BCUT2D eigenvalue weighted by atomic mass is 16.6. The molecule has 8 heteroatoms. The van der Waals surface area contributed by atoms with Gasteiger partial charge in [0, 0.05) is 13.3 Å². The molecule has 0 aromatic carbocycles. The molecule has 1 saturated heterocycles. The number of ether oxygens (including phenoxy) is 2. The first kappa shape index (κ1) is 14.2. The Morgan fingerprint density at radius 3 is 2.89 bits per heavy atom. The van der Waals surface area contributed by atoms with Crippen molar-refractivity contribution in [1.29, 1.82) is 0 Å². The summed E-state index contributed by atoms with van der Waals surface area (Å²) in [4.78, 5) is 13.2. The second-order valence-corrected chi connectivity index (χ2v) is 4.87. The van der Waals surface area contributed by atoms with Crippen molar-refractivity contribution in [2.24, 2.45) is 5.73 Å². The Morgan fingerprint density at radius 1 is 1.68 bits per heavy atom. The fourth-order valence-electron chi connectivity index (χ4n) is 2.19. The summed E-state index contributed by atoms with van der Waals surface area (Å²) in [5.41, 5.74) is 4.84. The van der Waals surface area contributed by atoms with Crippen molar-refractivity contribution in [2.45, 2.75) is 37.1 Å². The zero-order valence-electron chi connectivity index (χ0n) is 10.8. The van der Waals surface area contributed by atoms with Gasteiger partial charge in [0.05, 0.1) is 6.61 Å². The average molecular weight is 273 g/mol. The van der Waals surface area contributed by atoms with Crippen LogP contribution in [-0.4, -0.2) is 65.1 Å². The Labute approximate surface area is 110 Å². The van der Waals surface area contributed by atoms with Crippen molar-refractivity contribution in [3.63, 3.8) is 0 Å². The van der Waals surface area contributed by atoms with Gasteiger partial charge in [-0.05, 0) is 13.0 Å². The van der Waals surface area contributed by atoms with Crippen LogP contribution in [0.2, 0.25) is 0 Å². The third-order valence-electron chi connectivity index (χ3n) is 3.23. The lowest BCUT2D eigenvalue weighted by Crippen LogP contribution is -2.61. The predicted molar refractivity (Wildman–Crippen MR) is 64.7 cm³/mol. The van der Waals surface area contributed by atoms with E-state index in [1.807, 2.05) is 0 Å². The molecule has 5 N–H and O–H groups in total. The summed E-state index contributed by atoms with van der Waals surface area (Å²) in [5.74, 6) is 0. The molecule has 5 atom stereocenters. The Morgan fingerprint density at radius 2 is 2.37 bits per heavy atom. The summed E-state index contributed by atoms with van der Waals surface area (Å²) in [5, 5.41) is 21.6. The fraction of sp³-hybridized carbons (Fsp3) is 0.727. The van der Waals surface area contributed by atoms with Crippen molar-refractivity contribution in [2.75, 3.05) is 13.7 Å². The van der Waals surface area contributed by atoms with Crippen molar-refractivity contribution in [3.05, 3.63) is 12.3 Å². The molecule has 0 bridgehead atoms. The molecular weight excluding hydrogens is 254 g/mol. The third kappa shape index (κ3) is 2.58. The summed E-state index contributed by atoms with van der Waals surface area (Å²) in [6, 6.07) is -0.453. The Bertz CT molecular complexity index is 387. The van der Waals surface area contributed by atoms with E-state index in [9.17, 15) is 9.90 Å². The van der Waals surface area contributed by atoms with E-state index in [1.54, 1.807) is 13.0 Å². The summed E-state index contributed by atoms with van der Waals surface area (Å²) in [7, 11) is 1.41. The van der Waals surface area contributed by atoms with Crippen molar-refractivity contribution >= 4 is 6.03 Å². The Balaban J connectivity index is 2.20. The number of urea groups is 1. The number of carbonyl (C=O) groups is 1. The molecule has 2 aliphatic rings. The van der Waals surface area contributed by atoms with Crippen LogP contribution in [0.25, 0.3) is 0 Å². The van der Waals surface area contributed by atoms with Gasteiger partial charge in [0.2, 0.25) is 0 Å². The van der Waals surface area contributed by atoms with E-state index in [0.717, 1.165) is 0 Å². The Hall–Kier alpha value is -1.19. The zero-order chi connectivity index (χ0) is 14.2. The van der Waals surface area contributed by atoms with Crippen LogP contribution in [-0.2, 0) is 9.47 Å². The number of rotatable bonds is 3. The highest BCUT2D eigenvalue weighted by Gasteiger charge is 2.48. The first-order chi connectivity index (χ1) is 8.89. The lowest BCUT2D eigenvalue weighted by molar-refractivity contribution is -0.0742. The number of aliphatic hydroxyl groups excluding tert-OH is 2. The van der Waals surface area contributed by atoms with Crippen LogP contribution in [0, 0.1) is 0 Å². The van der Waals surface area contributed by atoms with Gasteiger partial charge in [-0.3, -0.25) is 4.90 Å². The highest BCUT2D eigenvalue weighted by molar-refractivity contribution is 5.78. The number of hydrogen-bond donors (Lipinski definition) is 4. The van der Waals surface area contributed by atoms with Crippen LogP contribution in [0.15, 0.2) is 12.3 Å². The van der Waals surface area contributed by atoms with Crippen LogP contribution < -0.4 is 11.1 Å². The number of nitrogens with one attached hydrogen (secondary N) is 1. The van der Waals surface area contributed by atoms with Gasteiger partial charge in [-0.15, -0.1) is 0 Å². The zero-order valence-corrected chi connectivity index (χ0v) is 10.8. The van der Waals surface area contributed by atoms with Crippen molar-refractivity contribution < 1.29 is 24.5 Å². The second kappa shape index (κ2) is 5.06. The largest absolute Gasteiger partial charge is 0.394 e. The van der Waals surface area contributed by atoms with Gasteiger partial charge in [0.15, 0.2) is 6.23 Å². The van der Waals surface area contributed by atoms with Crippen molar-refractivity contribution in [3.8, 4) is 0 Å². The standard InChI is InChI=1S/C11H19N3O5/c1-11(12)3-4-14(10(17)13-11)9-8(18-2)7(16)6(5-15)19-9/h3-4,6-9,15-16H,5,12H2,1-2H3,(H,13,17)/t6-,7-,8-,9-,11?/m1/s1. The second-order valence-electron chi connectivity index (χ2n) is 4.87. The number of aliphatic hydroxyl groups is 2. The SMILES string of the molecule is CO[C@@H]1[C@H](O)[C@@H](CO)O[C@H]1N1C=CC(C)(N)NC1=O. The van der Waals surface area contributed by atoms with Gasteiger partial charge >= 0.3 is 6.03 Å². The highest BCUT2D eigenvalue weighted by Crippen LogP contribution is 2.27. The molecule has 2 amide bonds. The van der Waals surface area contributed by atoms with Gasteiger partial charge in [-0.1, -0.05) is 0 Å². The minimum Gasteiger partial charge on any atom is -0.394 e. The summed E-state index contributed by atoms with van der Waals surface area (Å²) in [6.45, 7) is 1.29. The molecule has 0 aliphatic carbocycles. The number of nitrogens with two attached hydrogens (primary N) is 1. The maximum Gasteiger partial charge on any atom is 0.325 e. The van der Waals surface area contributed by atoms with E-state index >= 15 is 0 Å². The molecule has 0 spiro atoms. The van der Waals surface area contributed by atoms with Gasteiger partial charge in [0.25, 0.3) is 0 Å². The van der Waals surface area contributed by atoms with Crippen molar-refractivity contribution in [1.82, 2.24) is 10.2 Å². The lowest BCUT2D eigenvalue weighted by atomic mass is 10.1. The first-order valence-electron chi connectivity index (χ1n) is 5.95. The lowest BCUT2D eigenvalue weighted by Gasteiger charge is -2.36. The average Bonchev–Trinajstić information content (AvgIpc) is 2.64. The maximum absolute atomic E-state index is 12.0. The van der Waals surface area contributed by atoms with E-state index in [4.69, 9.17) is 20.3 Å². The maximum atomic E-state index is 12.0. The third-order valence-corrected chi connectivity index (χ3v) is 3.23. The van der Waals surface area contributed by atoms with E-state index in [-0.39, 0.29) is 6.61 Å². The molecule has 19 heavy (non-hydrogen) atoms. The summed E-state index contributed by atoms with van der Waals surface area (Å²) in [6.07, 6.45) is -0.264. The molecule has 8 nitrogen and oxygen atoms in total. The number of carbonyl (C=O) groups excluding carboxylic acids is 1. The van der Waals surface area contributed by atoms with E-state index in [1.165, 1.54) is 18.2 Å². The number of methoxy groups -OCH3 is 1. The number of nitrogens with zero attached hydrogens (tertiary/aromatic N) is 1. The van der Waals surface area contributed by atoms with Gasteiger partial charge in [0.1, 0.15) is 24.0 Å². The Kier molecular flexibility index (Phi) is 3.79.